The topological polar surface area (TPSA) is 244 Å². The number of carboxylic acid groups (broad SMARTS) is 2. The molecule has 0 aromatic carbocycles. The maximum absolute atomic E-state index is 13.5. The summed E-state index contributed by atoms with van der Waals surface area (Å²) in [6.45, 7) is 5.81. The number of carboxylic acids is 2. The molecule has 2 unspecified atom stereocenters. The third-order valence-electron chi connectivity index (χ3n) is 5.40. The molecule has 0 radical (unpaired) electrons. The quantitative estimate of drug-likeness (QED) is 0.0710. The SMILES string of the molecule is CCOCCOCCNC(=O)CCC(NC(=O)CCC(NC(=O)CCCS(=O)(=O)NC(=O)CC(C)(C)F)C(=O)O)C(=O)O. The van der Waals surface area contributed by atoms with Gasteiger partial charge in [0, 0.05) is 32.4 Å². The number of nitrogens with one attached hydrogen (secondary N) is 4. The van der Waals surface area contributed by atoms with Crippen molar-refractivity contribution in [1.29, 1.82) is 0 Å². The first-order chi connectivity index (χ1) is 20.0. The van der Waals surface area contributed by atoms with Crippen LogP contribution in [0.1, 0.15) is 65.7 Å². The van der Waals surface area contributed by atoms with Gasteiger partial charge >= 0.3 is 11.9 Å². The molecule has 0 saturated heterocycles. The highest BCUT2D eigenvalue weighted by atomic mass is 32.2. The van der Waals surface area contributed by atoms with Crippen LogP contribution in [0.15, 0.2) is 0 Å². The molecule has 0 spiro atoms. The van der Waals surface area contributed by atoms with E-state index < -0.39 is 94.8 Å². The zero-order valence-corrected chi connectivity index (χ0v) is 25.4. The lowest BCUT2D eigenvalue weighted by atomic mass is 10.1. The van der Waals surface area contributed by atoms with Crippen molar-refractivity contribution in [2.75, 3.05) is 38.7 Å². The zero-order chi connectivity index (χ0) is 33.1. The Morgan fingerprint density at radius 1 is 0.791 bits per heavy atom. The summed E-state index contributed by atoms with van der Waals surface area (Å²) in [6.07, 6.45) is -2.72. The standard InChI is InChI=1S/C25H43FN4O12S/c1-4-41-13-14-42-12-11-27-19(31)9-7-17(23(35)36)29-21(33)10-8-18(24(37)38)28-20(32)6-5-15-43(39,40)30-22(34)16-25(2,3)26/h17-18H,4-16H2,1-3H3,(H,27,31)(H,28,32)(H,29,33)(H,30,34)(H,35,36)(H,37,38). The third kappa shape index (κ3) is 21.9. The van der Waals surface area contributed by atoms with Gasteiger partial charge in [-0.3, -0.25) is 23.9 Å². The summed E-state index contributed by atoms with van der Waals surface area (Å²) >= 11 is 0. The highest BCUT2D eigenvalue weighted by molar-refractivity contribution is 7.90. The second-order valence-corrected chi connectivity index (χ2v) is 11.8. The minimum absolute atomic E-state index is 0.197. The number of carbonyl (C=O) groups is 6. The molecular formula is C25H43FN4O12S. The summed E-state index contributed by atoms with van der Waals surface area (Å²) in [5, 5.41) is 25.6. The molecule has 0 saturated carbocycles. The molecule has 0 bridgehead atoms. The molecule has 0 aliphatic rings. The van der Waals surface area contributed by atoms with Crippen LogP contribution in [-0.2, 0) is 48.3 Å². The molecule has 16 nitrogen and oxygen atoms in total. The largest absolute Gasteiger partial charge is 0.480 e. The van der Waals surface area contributed by atoms with Crippen molar-refractivity contribution >= 4 is 45.6 Å². The average molecular weight is 643 g/mol. The van der Waals surface area contributed by atoms with Gasteiger partial charge in [0.25, 0.3) is 0 Å². The van der Waals surface area contributed by atoms with Crippen LogP contribution in [0, 0.1) is 0 Å². The summed E-state index contributed by atoms with van der Waals surface area (Å²) in [6, 6.07) is -2.96. The summed E-state index contributed by atoms with van der Waals surface area (Å²) < 4.78 is 49.4. The van der Waals surface area contributed by atoms with Crippen LogP contribution in [0.3, 0.4) is 0 Å². The van der Waals surface area contributed by atoms with E-state index in [1.54, 1.807) is 4.72 Å². The maximum atomic E-state index is 13.5. The Kier molecular flexibility index (Phi) is 18.9. The number of hydrogen-bond donors (Lipinski definition) is 6. The van der Waals surface area contributed by atoms with Gasteiger partial charge in [-0.2, -0.15) is 0 Å². The van der Waals surface area contributed by atoms with Crippen LogP contribution < -0.4 is 20.7 Å². The number of rotatable bonds is 24. The predicted octanol–water partition coefficient (Wildman–Crippen LogP) is -0.781. The van der Waals surface area contributed by atoms with E-state index in [2.05, 4.69) is 16.0 Å². The average Bonchev–Trinajstić information content (AvgIpc) is 2.86. The Morgan fingerprint density at radius 2 is 1.30 bits per heavy atom. The Hall–Kier alpha value is -3.38. The van der Waals surface area contributed by atoms with E-state index in [1.165, 1.54) is 0 Å². The normalized spacial score (nSPS) is 12.9. The molecule has 248 valence electrons. The molecule has 6 N–H and O–H groups in total. The first kappa shape index (κ1) is 39.6. The monoisotopic (exact) mass is 642 g/mol. The van der Waals surface area contributed by atoms with Gasteiger partial charge in [-0.05, 0) is 40.0 Å². The number of amides is 4. The van der Waals surface area contributed by atoms with Gasteiger partial charge in [-0.15, -0.1) is 0 Å². The molecule has 4 amide bonds. The number of alkyl halides is 1. The minimum atomic E-state index is -4.15. The van der Waals surface area contributed by atoms with E-state index in [0.29, 0.717) is 19.8 Å². The van der Waals surface area contributed by atoms with Crippen molar-refractivity contribution in [3.63, 3.8) is 0 Å². The van der Waals surface area contributed by atoms with Crippen LogP contribution in [0.5, 0.6) is 0 Å². The third-order valence-corrected chi connectivity index (χ3v) is 6.76. The van der Waals surface area contributed by atoms with E-state index in [-0.39, 0.29) is 32.4 Å². The van der Waals surface area contributed by atoms with E-state index in [9.17, 15) is 51.8 Å². The van der Waals surface area contributed by atoms with E-state index >= 15 is 0 Å². The second kappa shape index (κ2) is 20.5. The van der Waals surface area contributed by atoms with Crippen molar-refractivity contribution in [1.82, 2.24) is 20.7 Å². The first-order valence-corrected chi connectivity index (χ1v) is 15.3. The molecule has 0 aromatic rings. The van der Waals surface area contributed by atoms with E-state index in [1.807, 2.05) is 6.92 Å². The Labute approximate surface area is 249 Å². The summed E-state index contributed by atoms with van der Waals surface area (Å²) in [5.41, 5.74) is -1.92. The van der Waals surface area contributed by atoms with Gasteiger partial charge in [0.15, 0.2) is 0 Å². The van der Waals surface area contributed by atoms with Crippen LogP contribution in [-0.4, -0.2) is 111 Å². The van der Waals surface area contributed by atoms with E-state index in [4.69, 9.17) is 9.47 Å². The zero-order valence-electron chi connectivity index (χ0n) is 24.6. The molecular weight excluding hydrogens is 599 g/mol. The number of aliphatic carboxylic acids is 2. The lowest BCUT2D eigenvalue weighted by molar-refractivity contribution is -0.143. The number of carbonyl (C=O) groups excluding carboxylic acids is 4. The Morgan fingerprint density at radius 3 is 1.81 bits per heavy atom. The van der Waals surface area contributed by atoms with Crippen LogP contribution in [0.2, 0.25) is 0 Å². The van der Waals surface area contributed by atoms with Crippen molar-refractivity contribution < 1.29 is 61.3 Å². The van der Waals surface area contributed by atoms with Crippen molar-refractivity contribution in [2.45, 2.75) is 83.5 Å². The molecule has 0 heterocycles. The summed E-state index contributed by atoms with van der Waals surface area (Å²) in [7, 11) is -4.15. The lowest BCUT2D eigenvalue weighted by Gasteiger charge is -2.17. The van der Waals surface area contributed by atoms with Crippen molar-refractivity contribution in [2.24, 2.45) is 0 Å². The smallest absolute Gasteiger partial charge is 0.326 e. The van der Waals surface area contributed by atoms with Gasteiger partial charge in [-0.25, -0.2) is 22.4 Å². The van der Waals surface area contributed by atoms with Gasteiger partial charge in [-0.1, -0.05) is 0 Å². The Balaban J connectivity index is 4.56. The fourth-order valence-corrected chi connectivity index (χ4v) is 4.42. The molecule has 43 heavy (non-hydrogen) atoms. The predicted molar refractivity (Wildman–Crippen MR) is 149 cm³/mol. The van der Waals surface area contributed by atoms with Gasteiger partial charge in [0.2, 0.25) is 33.7 Å². The lowest BCUT2D eigenvalue weighted by Crippen LogP contribution is -2.44. The number of halogens is 1. The van der Waals surface area contributed by atoms with Crippen LogP contribution in [0.4, 0.5) is 4.39 Å². The van der Waals surface area contributed by atoms with E-state index in [0.717, 1.165) is 13.8 Å². The van der Waals surface area contributed by atoms with Crippen molar-refractivity contribution in [3.8, 4) is 0 Å². The molecule has 0 fully saturated rings. The van der Waals surface area contributed by atoms with Gasteiger partial charge in [0.05, 0.1) is 32.0 Å². The summed E-state index contributed by atoms with van der Waals surface area (Å²) in [5.74, 6) is -6.71. The van der Waals surface area contributed by atoms with Gasteiger partial charge in [0.1, 0.15) is 17.8 Å². The van der Waals surface area contributed by atoms with Crippen LogP contribution >= 0.6 is 0 Å². The minimum Gasteiger partial charge on any atom is -0.480 e. The van der Waals surface area contributed by atoms with Gasteiger partial charge < -0.3 is 35.6 Å². The fraction of sp³-hybridized carbons (Fsp3) is 0.760. The second-order valence-electron chi connectivity index (χ2n) is 10.00. The molecule has 0 aliphatic heterocycles. The first-order valence-electron chi connectivity index (χ1n) is 13.6. The molecule has 0 aliphatic carbocycles. The van der Waals surface area contributed by atoms with Crippen molar-refractivity contribution in [3.05, 3.63) is 0 Å². The fourth-order valence-electron chi connectivity index (χ4n) is 3.38. The maximum Gasteiger partial charge on any atom is 0.326 e. The molecule has 18 heteroatoms. The molecule has 2 atom stereocenters. The Bertz CT molecular complexity index is 1050. The summed E-state index contributed by atoms with van der Waals surface area (Å²) in [4.78, 5) is 71.0. The number of ether oxygens (including phenoxy) is 2. The highest BCUT2D eigenvalue weighted by Gasteiger charge is 2.26. The van der Waals surface area contributed by atoms with Crippen LogP contribution in [0.25, 0.3) is 0 Å². The molecule has 0 rings (SSSR count). The molecule has 0 aromatic heterocycles. The number of hydrogen-bond acceptors (Lipinski definition) is 10. The number of sulfonamides is 1. The highest BCUT2D eigenvalue weighted by Crippen LogP contribution is 2.13.